The highest BCUT2D eigenvalue weighted by molar-refractivity contribution is 5.95. The monoisotopic (exact) mass is 333 g/mol. The summed E-state index contributed by atoms with van der Waals surface area (Å²) in [7, 11) is 0. The van der Waals surface area contributed by atoms with Crippen molar-refractivity contribution in [3.8, 4) is 6.19 Å². The molecule has 3 heterocycles. The first-order valence-corrected chi connectivity index (χ1v) is 8.46. The van der Waals surface area contributed by atoms with Crippen LogP contribution in [0.1, 0.15) is 27.9 Å². The van der Waals surface area contributed by atoms with Crippen LogP contribution in [0.5, 0.6) is 0 Å². The second kappa shape index (κ2) is 6.44. The van der Waals surface area contributed by atoms with E-state index in [4.69, 9.17) is 5.26 Å². The number of hydrogen-bond donors (Lipinski definition) is 1. The summed E-state index contributed by atoms with van der Waals surface area (Å²) in [6.45, 7) is 2.92. The molecule has 126 valence electrons. The number of anilines is 1. The lowest BCUT2D eigenvalue weighted by Crippen LogP contribution is -2.36. The predicted molar refractivity (Wildman–Crippen MR) is 93.6 cm³/mol. The average Bonchev–Trinajstić information content (AvgIpc) is 3.28. The largest absolute Gasteiger partial charge is 0.348 e. The summed E-state index contributed by atoms with van der Waals surface area (Å²) in [5.74, 6) is 0.707. The van der Waals surface area contributed by atoms with Gasteiger partial charge in [-0.1, -0.05) is 24.3 Å². The van der Waals surface area contributed by atoms with Crippen molar-refractivity contribution in [1.29, 1.82) is 5.26 Å². The number of rotatable bonds is 3. The van der Waals surface area contributed by atoms with Crippen LogP contribution in [0.25, 0.3) is 0 Å². The highest BCUT2D eigenvalue weighted by Crippen LogP contribution is 2.27. The molecule has 25 heavy (non-hydrogen) atoms. The van der Waals surface area contributed by atoms with Gasteiger partial charge in [-0.05, 0) is 29.7 Å². The van der Waals surface area contributed by atoms with Crippen molar-refractivity contribution in [3.63, 3.8) is 0 Å². The van der Waals surface area contributed by atoms with Gasteiger partial charge in [-0.15, -0.1) is 0 Å². The van der Waals surface area contributed by atoms with Crippen LogP contribution in [0.4, 0.5) is 5.82 Å². The van der Waals surface area contributed by atoms with Gasteiger partial charge in [0.2, 0.25) is 0 Å². The molecule has 0 saturated carbocycles. The lowest BCUT2D eigenvalue weighted by Gasteiger charge is -2.18. The predicted octanol–water partition coefficient (Wildman–Crippen LogP) is 1.89. The van der Waals surface area contributed by atoms with E-state index >= 15 is 0 Å². The molecule has 0 bridgehead atoms. The molecule has 2 aromatic rings. The molecule has 1 aromatic carbocycles. The number of carbonyl (C=O) groups is 1. The number of carbonyl (C=O) groups excluding carboxylic acids is 1. The number of pyridine rings is 1. The Kier molecular flexibility index (Phi) is 3.98. The van der Waals surface area contributed by atoms with Gasteiger partial charge >= 0.3 is 0 Å². The summed E-state index contributed by atoms with van der Waals surface area (Å²) in [4.78, 5) is 20.8. The first-order valence-electron chi connectivity index (χ1n) is 8.46. The van der Waals surface area contributed by atoms with E-state index in [9.17, 15) is 4.79 Å². The van der Waals surface area contributed by atoms with E-state index in [0.717, 1.165) is 25.3 Å². The number of nitriles is 1. The van der Waals surface area contributed by atoms with E-state index in [1.165, 1.54) is 11.1 Å². The fourth-order valence-corrected chi connectivity index (χ4v) is 3.47. The summed E-state index contributed by atoms with van der Waals surface area (Å²) in [6.07, 6.45) is 4.62. The minimum absolute atomic E-state index is 0.0276. The van der Waals surface area contributed by atoms with Crippen molar-refractivity contribution < 1.29 is 4.79 Å². The normalized spacial score (nSPS) is 18.8. The summed E-state index contributed by atoms with van der Waals surface area (Å²) in [5, 5.41) is 11.9. The minimum atomic E-state index is -0.106. The van der Waals surface area contributed by atoms with E-state index in [2.05, 4.69) is 33.5 Å². The average molecular weight is 333 g/mol. The van der Waals surface area contributed by atoms with E-state index < -0.39 is 0 Å². The van der Waals surface area contributed by atoms with Gasteiger partial charge in [-0.25, -0.2) is 4.98 Å². The molecule has 2 aliphatic rings. The zero-order valence-electron chi connectivity index (χ0n) is 13.9. The molecule has 1 unspecified atom stereocenters. The van der Waals surface area contributed by atoms with Gasteiger partial charge in [0, 0.05) is 44.0 Å². The fourth-order valence-electron chi connectivity index (χ4n) is 3.47. The SMILES string of the molecule is N#CN1CCC(NC(=O)c2ccnc(N3Cc4ccccc4C3)c2)C1. The maximum atomic E-state index is 12.5. The van der Waals surface area contributed by atoms with E-state index in [1.54, 1.807) is 17.2 Å². The Morgan fingerprint density at radius 3 is 2.68 bits per heavy atom. The van der Waals surface area contributed by atoms with Crippen LogP contribution >= 0.6 is 0 Å². The maximum Gasteiger partial charge on any atom is 0.251 e. The van der Waals surface area contributed by atoms with E-state index in [-0.39, 0.29) is 11.9 Å². The number of fused-ring (bicyclic) bond motifs is 1. The molecular weight excluding hydrogens is 314 g/mol. The molecule has 1 aromatic heterocycles. The van der Waals surface area contributed by atoms with Crippen LogP contribution in [-0.2, 0) is 13.1 Å². The van der Waals surface area contributed by atoms with Crippen molar-refractivity contribution in [2.45, 2.75) is 25.6 Å². The Morgan fingerprint density at radius 1 is 1.24 bits per heavy atom. The Hall–Kier alpha value is -3.07. The molecule has 6 heteroatoms. The highest BCUT2D eigenvalue weighted by Gasteiger charge is 2.24. The van der Waals surface area contributed by atoms with Crippen LogP contribution < -0.4 is 10.2 Å². The quantitative estimate of drug-likeness (QED) is 0.869. The fraction of sp³-hybridized carbons (Fsp3) is 0.316. The number of aromatic nitrogens is 1. The zero-order valence-corrected chi connectivity index (χ0v) is 13.9. The molecule has 0 aliphatic carbocycles. The Balaban J connectivity index is 1.45. The summed E-state index contributed by atoms with van der Waals surface area (Å²) in [6, 6.07) is 12.0. The van der Waals surface area contributed by atoms with Crippen molar-refractivity contribution in [3.05, 3.63) is 59.3 Å². The van der Waals surface area contributed by atoms with Gasteiger partial charge in [-0.2, -0.15) is 5.26 Å². The molecule has 1 N–H and O–H groups in total. The standard InChI is InChI=1S/C19H19N5O/c20-13-23-8-6-17(12-23)22-19(25)14-5-7-21-18(9-14)24-10-15-3-1-2-4-16(15)11-24/h1-5,7,9,17H,6,8,10-12H2,(H,22,25). The smallest absolute Gasteiger partial charge is 0.251 e. The molecule has 6 nitrogen and oxygen atoms in total. The Labute approximate surface area is 146 Å². The van der Waals surface area contributed by atoms with Gasteiger partial charge in [0.05, 0.1) is 0 Å². The molecule has 2 aliphatic heterocycles. The number of benzene rings is 1. The maximum absolute atomic E-state index is 12.5. The molecule has 1 fully saturated rings. The number of nitrogens with one attached hydrogen (secondary N) is 1. The van der Waals surface area contributed by atoms with Crippen LogP contribution in [0, 0.1) is 11.5 Å². The van der Waals surface area contributed by atoms with Crippen LogP contribution in [0.15, 0.2) is 42.6 Å². The van der Waals surface area contributed by atoms with Crippen LogP contribution in [-0.4, -0.2) is 34.9 Å². The number of nitrogens with zero attached hydrogens (tertiary/aromatic N) is 4. The second-order valence-corrected chi connectivity index (χ2v) is 6.53. The Bertz CT molecular complexity index is 819. The van der Waals surface area contributed by atoms with Crippen molar-refractivity contribution >= 4 is 11.7 Å². The third kappa shape index (κ3) is 3.13. The summed E-state index contributed by atoms with van der Waals surface area (Å²) >= 11 is 0. The van der Waals surface area contributed by atoms with E-state index in [1.807, 2.05) is 18.2 Å². The Morgan fingerprint density at radius 2 is 2.00 bits per heavy atom. The van der Waals surface area contributed by atoms with Crippen molar-refractivity contribution in [1.82, 2.24) is 15.2 Å². The van der Waals surface area contributed by atoms with Gasteiger partial charge in [0.25, 0.3) is 5.91 Å². The molecule has 1 atom stereocenters. The number of likely N-dealkylation sites (tertiary alicyclic amines) is 1. The van der Waals surface area contributed by atoms with Gasteiger partial charge in [0.1, 0.15) is 5.82 Å². The first-order chi connectivity index (χ1) is 12.2. The molecule has 0 spiro atoms. The summed E-state index contributed by atoms with van der Waals surface area (Å²) < 4.78 is 0. The zero-order chi connectivity index (χ0) is 17.2. The van der Waals surface area contributed by atoms with Crippen LogP contribution in [0.2, 0.25) is 0 Å². The minimum Gasteiger partial charge on any atom is -0.348 e. The second-order valence-electron chi connectivity index (χ2n) is 6.53. The molecular formula is C19H19N5O. The highest BCUT2D eigenvalue weighted by atomic mass is 16.1. The third-order valence-corrected chi connectivity index (χ3v) is 4.84. The molecule has 4 rings (SSSR count). The molecule has 0 radical (unpaired) electrons. The van der Waals surface area contributed by atoms with Gasteiger partial charge in [0.15, 0.2) is 6.19 Å². The molecule has 1 amide bonds. The first kappa shape index (κ1) is 15.5. The number of hydrogen-bond acceptors (Lipinski definition) is 5. The number of amides is 1. The topological polar surface area (TPSA) is 72.3 Å². The van der Waals surface area contributed by atoms with Crippen LogP contribution in [0.3, 0.4) is 0 Å². The molecule has 1 saturated heterocycles. The lowest BCUT2D eigenvalue weighted by molar-refractivity contribution is 0.0938. The van der Waals surface area contributed by atoms with Gasteiger partial charge in [-0.3, -0.25) is 4.79 Å². The van der Waals surface area contributed by atoms with Crippen molar-refractivity contribution in [2.24, 2.45) is 0 Å². The van der Waals surface area contributed by atoms with Gasteiger partial charge < -0.3 is 15.1 Å². The lowest BCUT2D eigenvalue weighted by atomic mass is 10.1. The summed E-state index contributed by atoms with van der Waals surface area (Å²) in [5.41, 5.74) is 3.22. The van der Waals surface area contributed by atoms with Crippen molar-refractivity contribution in [2.75, 3.05) is 18.0 Å². The van der Waals surface area contributed by atoms with E-state index in [0.29, 0.717) is 18.7 Å². The third-order valence-electron chi connectivity index (χ3n) is 4.84.